The fourth-order valence-electron chi connectivity index (χ4n) is 6.31. The molecule has 11 heteroatoms. The van der Waals surface area contributed by atoms with Gasteiger partial charge in [-0.2, -0.15) is 10.1 Å². The van der Waals surface area contributed by atoms with Crippen molar-refractivity contribution in [2.24, 2.45) is 0 Å². The van der Waals surface area contributed by atoms with Crippen LogP contribution in [-0.2, 0) is 17.6 Å². The number of hydrogen-bond donors (Lipinski definition) is 2. The summed E-state index contributed by atoms with van der Waals surface area (Å²) in [4.78, 5) is 33.3. The molecule has 3 heterocycles. The van der Waals surface area contributed by atoms with Crippen molar-refractivity contribution < 1.29 is 14.4 Å². The number of hydrogen-bond acceptors (Lipinski definition) is 8. The van der Waals surface area contributed by atoms with Gasteiger partial charge in [-0.25, -0.2) is 9.31 Å². The number of fused-ring (bicyclic) bond motifs is 1. The monoisotopic (exact) mass is 612 g/mol. The zero-order valence-corrected chi connectivity index (χ0v) is 26.2. The molecule has 3 aromatic heterocycles. The van der Waals surface area contributed by atoms with Gasteiger partial charge in [-0.1, -0.05) is 67.0 Å². The number of H-pyrrole nitrogens is 1. The Morgan fingerprint density at radius 3 is 2.40 bits per heavy atom. The minimum atomic E-state index is -0.873. The summed E-state index contributed by atoms with van der Waals surface area (Å²) in [7, 11) is 0. The predicted octanol–water partition coefficient (Wildman–Crippen LogP) is 5.02. The van der Waals surface area contributed by atoms with Crippen LogP contribution in [0.4, 0.5) is 0 Å². The van der Waals surface area contributed by atoms with E-state index in [0.717, 1.165) is 65.6 Å². The maximum Gasteiger partial charge on any atom is 0.439 e. The molecule has 6 rings (SSSR count). The molecule has 0 unspecified atom stereocenters. The molecule has 45 heavy (non-hydrogen) atoms. The van der Waals surface area contributed by atoms with E-state index in [1.165, 1.54) is 0 Å². The first kappa shape index (κ1) is 30.7. The molecule has 0 aliphatic heterocycles. The highest BCUT2D eigenvalue weighted by atomic mass is 16.5. The molecule has 2 aromatic carbocycles. The van der Waals surface area contributed by atoms with Crippen molar-refractivity contribution in [3.8, 4) is 22.5 Å². The van der Waals surface area contributed by atoms with Crippen LogP contribution in [0.5, 0.6) is 0 Å². The van der Waals surface area contributed by atoms with E-state index < -0.39 is 11.4 Å². The maximum absolute atomic E-state index is 14.4. The zero-order chi connectivity index (χ0) is 31.7. The van der Waals surface area contributed by atoms with Gasteiger partial charge in [-0.3, -0.25) is 18.9 Å². The van der Waals surface area contributed by atoms with Gasteiger partial charge in [-0.05, 0) is 69.6 Å². The number of nitrogens with zero attached hydrogens (tertiary/aromatic N) is 5. The molecule has 0 saturated heterocycles. The molecule has 0 bridgehead atoms. The fraction of sp³-hybridized carbons (Fsp3) is 0.441. The quantitative estimate of drug-likeness (QED) is 0.224. The molecule has 0 atom stereocenters. The lowest BCUT2D eigenvalue weighted by atomic mass is 9.92. The Balaban J connectivity index is 1.32. The van der Waals surface area contributed by atoms with E-state index in [-0.39, 0.29) is 24.3 Å². The maximum atomic E-state index is 14.4. The van der Waals surface area contributed by atoms with Crippen molar-refractivity contribution in [3.05, 3.63) is 92.1 Å². The standard InChI is InChI=1S/C34H40N6O5/c1-5-8-29-28(19-22-11-13-23(14-12-22)26-9-6-7-10-27(26)30-36-33(42)45-38-30)31(41)39(32-35-21(2)37-40(29)32)24-15-17-25(18-16-24)44-20-34(3,4)43/h6-7,9-14,24-25,43H,5,8,15-20H2,1-4H3,(H,36,38,42). The van der Waals surface area contributed by atoms with Gasteiger partial charge in [-0.15, -0.1) is 0 Å². The summed E-state index contributed by atoms with van der Waals surface area (Å²) in [5, 5.41) is 18.7. The van der Waals surface area contributed by atoms with Gasteiger partial charge in [0.05, 0.1) is 24.0 Å². The first-order chi connectivity index (χ1) is 21.6. The second-order valence-corrected chi connectivity index (χ2v) is 12.6. The third-order valence-electron chi connectivity index (χ3n) is 8.43. The lowest BCUT2D eigenvalue weighted by molar-refractivity contribution is -0.0654. The van der Waals surface area contributed by atoms with Gasteiger partial charge in [0.2, 0.25) is 5.78 Å². The van der Waals surface area contributed by atoms with E-state index in [9.17, 15) is 14.7 Å². The number of nitrogens with one attached hydrogen (secondary N) is 1. The van der Waals surface area contributed by atoms with Crippen LogP contribution in [0.3, 0.4) is 0 Å². The first-order valence-electron chi connectivity index (χ1n) is 15.7. The number of aromatic amines is 1. The number of ether oxygens (including phenoxy) is 1. The molecule has 1 aliphatic rings. The Morgan fingerprint density at radius 2 is 1.76 bits per heavy atom. The first-order valence-corrected chi connectivity index (χ1v) is 15.7. The molecule has 1 aliphatic carbocycles. The highest BCUT2D eigenvalue weighted by molar-refractivity contribution is 5.80. The number of aliphatic hydroxyl groups is 1. The van der Waals surface area contributed by atoms with E-state index in [4.69, 9.17) is 19.3 Å². The Hall–Kier alpha value is -4.35. The van der Waals surface area contributed by atoms with Crippen molar-refractivity contribution in [1.29, 1.82) is 0 Å². The lowest BCUT2D eigenvalue weighted by Gasteiger charge is -2.32. The van der Waals surface area contributed by atoms with E-state index in [1.54, 1.807) is 13.8 Å². The Bertz CT molecular complexity index is 1900. The summed E-state index contributed by atoms with van der Waals surface area (Å²) in [5.41, 5.74) is 4.39. The van der Waals surface area contributed by atoms with Crippen LogP contribution in [0.2, 0.25) is 0 Å². The largest absolute Gasteiger partial charge is 0.439 e. The number of aryl methyl sites for hydroxylation is 2. The van der Waals surface area contributed by atoms with Crippen LogP contribution in [-0.4, -0.2) is 52.7 Å². The molecule has 1 fully saturated rings. The van der Waals surface area contributed by atoms with Crippen molar-refractivity contribution in [2.75, 3.05) is 6.61 Å². The second kappa shape index (κ2) is 12.6. The average molecular weight is 613 g/mol. The molecule has 236 valence electrons. The molecule has 11 nitrogen and oxygen atoms in total. The topological polar surface area (TPSA) is 141 Å². The van der Waals surface area contributed by atoms with E-state index in [1.807, 2.05) is 64.5 Å². The SMILES string of the molecule is CCCc1c(Cc2ccc(-c3ccccc3-c3noc(=O)[nH]3)cc2)c(=O)n(C2CCC(OCC(C)(C)O)CC2)c2nc(C)nn12. The third kappa shape index (κ3) is 6.55. The van der Waals surface area contributed by atoms with Gasteiger partial charge in [0.15, 0.2) is 5.82 Å². The van der Waals surface area contributed by atoms with Crippen LogP contribution in [0.1, 0.15) is 81.6 Å². The molecule has 2 N–H and O–H groups in total. The van der Waals surface area contributed by atoms with Crippen LogP contribution in [0.15, 0.2) is 62.6 Å². The average Bonchev–Trinajstić information content (AvgIpc) is 3.63. The molecule has 5 aromatic rings. The minimum Gasteiger partial charge on any atom is -0.388 e. The number of benzene rings is 2. The van der Waals surface area contributed by atoms with Crippen LogP contribution >= 0.6 is 0 Å². The van der Waals surface area contributed by atoms with Crippen molar-refractivity contribution in [1.82, 2.24) is 29.3 Å². The summed E-state index contributed by atoms with van der Waals surface area (Å²) in [6.07, 6.45) is 5.30. The van der Waals surface area contributed by atoms with E-state index >= 15 is 0 Å². The molecule has 0 spiro atoms. The Kier molecular flexibility index (Phi) is 8.56. The minimum absolute atomic E-state index is 0.0105. The van der Waals surface area contributed by atoms with Crippen molar-refractivity contribution in [3.63, 3.8) is 0 Å². The number of aromatic nitrogens is 6. The zero-order valence-electron chi connectivity index (χ0n) is 26.2. The van der Waals surface area contributed by atoms with Gasteiger partial charge in [0.25, 0.3) is 5.56 Å². The predicted molar refractivity (Wildman–Crippen MR) is 170 cm³/mol. The normalized spacial score (nSPS) is 17.3. The van der Waals surface area contributed by atoms with Gasteiger partial charge in [0, 0.05) is 23.6 Å². The van der Waals surface area contributed by atoms with Crippen LogP contribution in [0.25, 0.3) is 28.3 Å². The summed E-state index contributed by atoms with van der Waals surface area (Å²) in [6, 6.07) is 15.8. The third-order valence-corrected chi connectivity index (χ3v) is 8.43. The molecular formula is C34H40N6O5. The second-order valence-electron chi connectivity index (χ2n) is 12.6. The van der Waals surface area contributed by atoms with Crippen LogP contribution < -0.4 is 11.3 Å². The van der Waals surface area contributed by atoms with E-state index in [2.05, 4.69) is 17.1 Å². The van der Waals surface area contributed by atoms with Crippen molar-refractivity contribution in [2.45, 2.75) is 90.4 Å². The van der Waals surface area contributed by atoms with Crippen molar-refractivity contribution >= 4 is 5.78 Å². The molecular weight excluding hydrogens is 572 g/mol. The fourth-order valence-corrected chi connectivity index (χ4v) is 6.31. The molecule has 0 radical (unpaired) electrons. The highest BCUT2D eigenvalue weighted by Gasteiger charge is 2.29. The van der Waals surface area contributed by atoms with E-state index in [0.29, 0.717) is 30.3 Å². The summed E-state index contributed by atoms with van der Waals surface area (Å²) in [6.45, 7) is 7.75. The smallest absolute Gasteiger partial charge is 0.388 e. The van der Waals surface area contributed by atoms with Gasteiger partial charge < -0.3 is 9.84 Å². The number of rotatable bonds is 10. The Morgan fingerprint density at radius 1 is 1.04 bits per heavy atom. The van der Waals surface area contributed by atoms with Crippen LogP contribution in [0, 0.1) is 6.92 Å². The van der Waals surface area contributed by atoms with Gasteiger partial charge >= 0.3 is 5.76 Å². The van der Waals surface area contributed by atoms with Gasteiger partial charge in [0.1, 0.15) is 5.82 Å². The molecule has 0 amide bonds. The summed E-state index contributed by atoms with van der Waals surface area (Å²) in [5.74, 6) is 1.01. The lowest BCUT2D eigenvalue weighted by Crippen LogP contribution is -2.36. The molecule has 1 saturated carbocycles. The highest BCUT2D eigenvalue weighted by Crippen LogP contribution is 2.32. The summed E-state index contributed by atoms with van der Waals surface area (Å²) >= 11 is 0. The Labute approximate surface area is 260 Å². The summed E-state index contributed by atoms with van der Waals surface area (Å²) < 4.78 is 14.5.